The van der Waals surface area contributed by atoms with E-state index in [4.69, 9.17) is 10.00 Å². The predicted octanol–water partition coefficient (Wildman–Crippen LogP) is 3.17. The summed E-state index contributed by atoms with van der Waals surface area (Å²) in [7, 11) is 0. The molecule has 3 unspecified atom stereocenters. The summed E-state index contributed by atoms with van der Waals surface area (Å²) in [5, 5.41) is 12.0. The third-order valence-electron chi connectivity index (χ3n) is 5.14. The largest absolute Gasteiger partial charge is 0.457 e. The maximum absolute atomic E-state index is 12.5. The number of carbonyl (C=O) groups excluding carboxylic acids is 1. The zero-order valence-electron chi connectivity index (χ0n) is 14.5. The first-order chi connectivity index (χ1) is 12.7. The van der Waals surface area contributed by atoms with Crippen molar-refractivity contribution in [2.24, 2.45) is 5.92 Å². The van der Waals surface area contributed by atoms with E-state index in [1.807, 2.05) is 0 Å². The fourth-order valence-electron chi connectivity index (χ4n) is 3.84. The molecular weight excluding hydrogens is 326 g/mol. The minimum Gasteiger partial charge on any atom is -0.457 e. The summed E-state index contributed by atoms with van der Waals surface area (Å²) in [5.41, 5.74) is 1.24. The molecular formula is C21H21N3O2. The number of nitrogens with zero attached hydrogens (tertiary/aromatic N) is 2. The number of nitriles is 1. The topological polar surface area (TPSA) is 65.4 Å². The van der Waals surface area contributed by atoms with Gasteiger partial charge in [-0.05, 0) is 73.8 Å². The average molecular weight is 347 g/mol. The lowest BCUT2D eigenvalue weighted by atomic mass is 9.96. The van der Waals surface area contributed by atoms with Crippen molar-refractivity contribution >= 4 is 5.91 Å². The first-order valence-electron chi connectivity index (χ1n) is 9.01. The highest BCUT2D eigenvalue weighted by molar-refractivity contribution is 5.94. The first-order valence-corrected chi connectivity index (χ1v) is 9.01. The molecule has 2 bridgehead atoms. The Morgan fingerprint density at radius 2 is 1.77 bits per heavy atom. The number of amides is 1. The van der Waals surface area contributed by atoms with Crippen molar-refractivity contribution in [2.75, 3.05) is 19.6 Å². The number of hydrogen-bond acceptors (Lipinski definition) is 4. The molecule has 1 amide bonds. The Kier molecular flexibility index (Phi) is 4.59. The third-order valence-corrected chi connectivity index (χ3v) is 5.14. The second kappa shape index (κ2) is 7.19. The SMILES string of the molecule is N#Cc1ccc(Oc2ccc(C(=O)NC3CC4CCN(C4)C3)cc2)cc1. The Morgan fingerprint density at radius 3 is 2.42 bits per heavy atom. The predicted molar refractivity (Wildman–Crippen MR) is 98.1 cm³/mol. The molecule has 1 N–H and O–H groups in total. The highest BCUT2D eigenvalue weighted by Crippen LogP contribution is 2.27. The summed E-state index contributed by atoms with van der Waals surface area (Å²) in [6, 6.07) is 16.4. The van der Waals surface area contributed by atoms with Crippen LogP contribution in [-0.4, -0.2) is 36.5 Å². The van der Waals surface area contributed by atoms with Crippen molar-refractivity contribution in [3.63, 3.8) is 0 Å². The van der Waals surface area contributed by atoms with Crippen molar-refractivity contribution in [2.45, 2.75) is 18.9 Å². The summed E-state index contributed by atoms with van der Waals surface area (Å²) in [4.78, 5) is 14.9. The van der Waals surface area contributed by atoms with E-state index in [2.05, 4.69) is 16.3 Å². The molecule has 5 heteroatoms. The standard InChI is InChI=1S/C21H21N3O2/c22-12-15-1-5-19(6-2-15)26-20-7-3-17(4-8-20)21(25)23-18-11-16-9-10-24(13-16)14-18/h1-8,16,18H,9-11,13-14H2,(H,23,25). The molecule has 2 aromatic carbocycles. The van der Waals surface area contributed by atoms with Crippen LogP contribution in [-0.2, 0) is 0 Å². The normalized spacial score (nSPS) is 23.9. The quantitative estimate of drug-likeness (QED) is 0.922. The van der Waals surface area contributed by atoms with Gasteiger partial charge in [-0.2, -0.15) is 5.26 Å². The Balaban J connectivity index is 1.36. The molecule has 0 radical (unpaired) electrons. The summed E-state index contributed by atoms with van der Waals surface area (Å²) in [6.45, 7) is 3.31. The average Bonchev–Trinajstić information content (AvgIpc) is 3.01. The second-order valence-electron chi connectivity index (χ2n) is 7.08. The number of rotatable bonds is 4. The van der Waals surface area contributed by atoms with Crippen molar-refractivity contribution in [3.05, 3.63) is 59.7 Å². The maximum atomic E-state index is 12.5. The monoisotopic (exact) mass is 347 g/mol. The van der Waals surface area contributed by atoms with Gasteiger partial charge in [0.05, 0.1) is 11.6 Å². The molecule has 2 aromatic rings. The van der Waals surface area contributed by atoms with E-state index < -0.39 is 0 Å². The van der Waals surface area contributed by atoms with Crippen LogP contribution in [0, 0.1) is 17.2 Å². The Hall–Kier alpha value is -2.84. The van der Waals surface area contributed by atoms with Crippen LogP contribution in [0.1, 0.15) is 28.8 Å². The lowest BCUT2D eigenvalue weighted by molar-refractivity contribution is 0.0909. The highest BCUT2D eigenvalue weighted by Gasteiger charge is 2.32. The summed E-state index contributed by atoms with van der Waals surface area (Å²) in [5.74, 6) is 2.03. The number of benzene rings is 2. The van der Waals surface area contributed by atoms with Gasteiger partial charge in [-0.1, -0.05) is 0 Å². The van der Waals surface area contributed by atoms with Crippen LogP contribution in [0.4, 0.5) is 0 Å². The molecule has 2 heterocycles. The minimum absolute atomic E-state index is 0.0255. The van der Waals surface area contributed by atoms with Gasteiger partial charge in [0, 0.05) is 24.7 Å². The second-order valence-corrected chi connectivity index (χ2v) is 7.08. The Morgan fingerprint density at radius 1 is 1.08 bits per heavy atom. The fourth-order valence-corrected chi connectivity index (χ4v) is 3.84. The molecule has 5 nitrogen and oxygen atoms in total. The summed E-state index contributed by atoms with van der Waals surface area (Å²) >= 11 is 0. The number of piperidine rings is 1. The van der Waals surface area contributed by atoms with Crippen molar-refractivity contribution in [1.82, 2.24) is 10.2 Å². The molecule has 3 atom stereocenters. The molecule has 4 rings (SSSR count). The lowest BCUT2D eigenvalue weighted by Gasteiger charge is -2.30. The van der Waals surface area contributed by atoms with Crippen LogP contribution in [0.25, 0.3) is 0 Å². The molecule has 0 spiro atoms. The van der Waals surface area contributed by atoms with E-state index in [0.717, 1.165) is 18.9 Å². The zero-order chi connectivity index (χ0) is 17.9. The van der Waals surface area contributed by atoms with Crippen LogP contribution >= 0.6 is 0 Å². The summed E-state index contributed by atoms with van der Waals surface area (Å²) < 4.78 is 5.75. The number of carbonyl (C=O) groups is 1. The lowest BCUT2D eigenvalue weighted by Crippen LogP contribution is -2.46. The minimum atomic E-state index is -0.0255. The molecule has 2 fully saturated rings. The number of nitrogens with one attached hydrogen (secondary N) is 1. The van der Waals surface area contributed by atoms with Gasteiger partial charge < -0.3 is 15.0 Å². The molecule has 2 aliphatic heterocycles. The van der Waals surface area contributed by atoms with E-state index >= 15 is 0 Å². The molecule has 0 aromatic heterocycles. The molecule has 132 valence electrons. The molecule has 0 saturated carbocycles. The maximum Gasteiger partial charge on any atom is 0.251 e. The van der Waals surface area contributed by atoms with Gasteiger partial charge in [0.15, 0.2) is 0 Å². The van der Waals surface area contributed by atoms with E-state index in [9.17, 15) is 4.79 Å². The molecule has 2 aliphatic rings. The van der Waals surface area contributed by atoms with Crippen LogP contribution < -0.4 is 10.1 Å². The van der Waals surface area contributed by atoms with Gasteiger partial charge in [-0.3, -0.25) is 4.79 Å². The number of fused-ring (bicyclic) bond motifs is 2. The van der Waals surface area contributed by atoms with Crippen molar-refractivity contribution in [3.8, 4) is 17.6 Å². The van der Waals surface area contributed by atoms with Crippen LogP contribution in [0.5, 0.6) is 11.5 Å². The number of ether oxygens (including phenoxy) is 1. The highest BCUT2D eigenvalue weighted by atomic mass is 16.5. The van der Waals surface area contributed by atoms with E-state index in [1.54, 1.807) is 48.5 Å². The van der Waals surface area contributed by atoms with Gasteiger partial charge in [-0.15, -0.1) is 0 Å². The number of hydrogen-bond donors (Lipinski definition) is 1. The van der Waals surface area contributed by atoms with E-state index in [0.29, 0.717) is 22.6 Å². The van der Waals surface area contributed by atoms with Gasteiger partial charge in [0.25, 0.3) is 5.91 Å². The van der Waals surface area contributed by atoms with Crippen molar-refractivity contribution in [1.29, 1.82) is 5.26 Å². The van der Waals surface area contributed by atoms with Gasteiger partial charge in [0.2, 0.25) is 0 Å². The molecule has 26 heavy (non-hydrogen) atoms. The Bertz CT molecular complexity index is 812. The van der Waals surface area contributed by atoms with Crippen LogP contribution in [0.3, 0.4) is 0 Å². The molecule has 0 aliphatic carbocycles. The Labute approximate surface area is 153 Å². The summed E-state index contributed by atoms with van der Waals surface area (Å²) in [6.07, 6.45) is 2.34. The third kappa shape index (κ3) is 3.71. The zero-order valence-corrected chi connectivity index (χ0v) is 14.5. The fraction of sp³-hybridized carbons (Fsp3) is 0.333. The van der Waals surface area contributed by atoms with Gasteiger partial charge in [-0.25, -0.2) is 0 Å². The first kappa shape index (κ1) is 16.6. The van der Waals surface area contributed by atoms with Crippen LogP contribution in [0.15, 0.2) is 48.5 Å². The van der Waals surface area contributed by atoms with Gasteiger partial charge in [0.1, 0.15) is 11.5 Å². The van der Waals surface area contributed by atoms with E-state index in [-0.39, 0.29) is 11.9 Å². The smallest absolute Gasteiger partial charge is 0.251 e. The van der Waals surface area contributed by atoms with E-state index in [1.165, 1.54) is 19.5 Å². The van der Waals surface area contributed by atoms with Crippen LogP contribution in [0.2, 0.25) is 0 Å². The van der Waals surface area contributed by atoms with Gasteiger partial charge >= 0.3 is 0 Å². The molecule has 2 saturated heterocycles. The van der Waals surface area contributed by atoms with Crippen molar-refractivity contribution < 1.29 is 9.53 Å².